The van der Waals surface area contributed by atoms with E-state index in [1.54, 1.807) is 62.4 Å². The predicted molar refractivity (Wildman–Crippen MR) is 124 cm³/mol. The van der Waals surface area contributed by atoms with E-state index in [0.717, 1.165) is 10.0 Å². The number of furan rings is 2. The van der Waals surface area contributed by atoms with Crippen molar-refractivity contribution in [3.8, 4) is 5.75 Å². The van der Waals surface area contributed by atoms with Gasteiger partial charge in [-0.15, -0.1) is 0 Å². The Labute approximate surface area is 196 Å². The standard InChI is InChI=1S/C25H18BrNO6/c1-12-3-6-17(28)16(9-12)27-22(19-7-4-13(2)32-19)21(24(30)25(27)31)23(29)20-11-14-10-15(26)5-8-18(14)33-20/h3-11,22,28,30H,1-2H3. The van der Waals surface area contributed by atoms with Gasteiger partial charge in [0.05, 0.1) is 11.3 Å². The first kappa shape index (κ1) is 21.1. The van der Waals surface area contributed by atoms with Crippen LogP contribution in [0.5, 0.6) is 5.75 Å². The fourth-order valence-electron chi connectivity index (χ4n) is 4.04. The molecule has 3 heterocycles. The first-order valence-corrected chi connectivity index (χ1v) is 10.9. The van der Waals surface area contributed by atoms with E-state index in [-0.39, 0.29) is 28.5 Å². The molecule has 0 radical (unpaired) electrons. The zero-order valence-electron chi connectivity index (χ0n) is 17.6. The molecule has 1 amide bonds. The number of ketones is 1. The SMILES string of the molecule is Cc1ccc(O)c(N2C(=O)C(O)=C(C(=O)c3cc4cc(Br)ccc4o3)C2c2ccc(C)o2)c1. The maximum Gasteiger partial charge on any atom is 0.294 e. The number of hydrogen-bond acceptors (Lipinski definition) is 6. The molecule has 2 aromatic carbocycles. The summed E-state index contributed by atoms with van der Waals surface area (Å²) in [5.74, 6) is -1.55. The van der Waals surface area contributed by atoms with Crippen molar-refractivity contribution >= 4 is 44.3 Å². The lowest BCUT2D eigenvalue weighted by Crippen LogP contribution is -2.31. The minimum Gasteiger partial charge on any atom is -0.506 e. The van der Waals surface area contributed by atoms with Gasteiger partial charge in [0.15, 0.2) is 11.5 Å². The van der Waals surface area contributed by atoms with Gasteiger partial charge in [-0.3, -0.25) is 14.5 Å². The van der Waals surface area contributed by atoms with E-state index in [1.165, 1.54) is 11.0 Å². The molecular formula is C25H18BrNO6. The average Bonchev–Trinajstić information content (AvgIpc) is 3.46. The molecule has 0 saturated carbocycles. The molecule has 1 aliphatic rings. The first-order chi connectivity index (χ1) is 15.7. The number of anilines is 1. The number of hydrogen-bond donors (Lipinski definition) is 2. The van der Waals surface area contributed by atoms with Gasteiger partial charge < -0.3 is 19.0 Å². The van der Waals surface area contributed by atoms with Crippen molar-refractivity contribution in [3.05, 3.63) is 93.2 Å². The maximum atomic E-state index is 13.6. The quantitative estimate of drug-likeness (QED) is 0.333. The van der Waals surface area contributed by atoms with Crippen LogP contribution in [0.25, 0.3) is 11.0 Å². The van der Waals surface area contributed by atoms with Crippen LogP contribution in [-0.2, 0) is 4.79 Å². The number of rotatable bonds is 4. The van der Waals surface area contributed by atoms with Crippen LogP contribution in [0, 0.1) is 13.8 Å². The molecule has 0 saturated heterocycles. The third-order valence-electron chi connectivity index (χ3n) is 5.58. The van der Waals surface area contributed by atoms with Crippen LogP contribution in [0.15, 0.2) is 79.2 Å². The van der Waals surface area contributed by atoms with E-state index < -0.39 is 23.5 Å². The Morgan fingerprint density at radius 3 is 2.52 bits per heavy atom. The summed E-state index contributed by atoms with van der Waals surface area (Å²) in [7, 11) is 0. The number of aromatic hydroxyl groups is 1. The number of Topliss-reactive ketones (excluding diaryl/α,β-unsaturated/α-hetero) is 1. The Kier molecular flexibility index (Phi) is 4.90. The molecule has 2 N–H and O–H groups in total. The van der Waals surface area contributed by atoms with Crippen molar-refractivity contribution in [3.63, 3.8) is 0 Å². The highest BCUT2D eigenvalue weighted by molar-refractivity contribution is 9.10. The molecule has 0 bridgehead atoms. The molecule has 5 rings (SSSR count). The number of phenolic OH excluding ortho intramolecular Hbond substituents is 1. The van der Waals surface area contributed by atoms with Crippen molar-refractivity contribution in [1.82, 2.24) is 0 Å². The van der Waals surface area contributed by atoms with Gasteiger partial charge in [-0.2, -0.15) is 0 Å². The van der Waals surface area contributed by atoms with E-state index in [9.17, 15) is 19.8 Å². The second-order valence-corrected chi connectivity index (χ2v) is 8.82. The van der Waals surface area contributed by atoms with Crippen LogP contribution in [-0.4, -0.2) is 21.9 Å². The van der Waals surface area contributed by atoms with Crippen molar-refractivity contribution in [2.24, 2.45) is 0 Å². The van der Waals surface area contributed by atoms with E-state index in [1.807, 2.05) is 0 Å². The number of carbonyl (C=O) groups excluding carboxylic acids is 2. The summed E-state index contributed by atoms with van der Waals surface area (Å²) in [4.78, 5) is 27.9. The highest BCUT2D eigenvalue weighted by Crippen LogP contribution is 2.45. The van der Waals surface area contributed by atoms with Crippen LogP contribution >= 0.6 is 15.9 Å². The second-order valence-electron chi connectivity index (χ2n) is 7.90. The molecule has 0 aliphatic carbocycles. The normalized spacial score (nSPS) is 16.3. The molecule has 1 atom stereocenters. The van der Waals surface area contributed by atoms with Gasteiger partial charge in [0, 0.05) is 9.86 Å². The van der Waals surface area contributed by atoms with Crippen LogP contribution < -0.4 is 4.90 Å². The Bertz CT molecular complexity index is 1480. The van der Waals surface area contributed by atoms with Gasteiger partial charge in [-0.05, 0) is 67.9 Å². The first-order valence-electron chi connectivity index (χ1n) is 10.1. The van der Waals surface area contributed by atoms with E-state index in [4.69, 9.17) is 8.83 Å². The van der Waals surface area contributed by atoms with Crippen molar-refractivity contribution in [2.45, 2.75) is 19.9 Å². The zero-order chi connectivity index (χ0) is 23.4. The van der Waals surface area contributed by atoms with Crippen LogP contribution in [0.4, 0.5) is 5.69 Å². The molecule has 0 spiro atoms. The smallest absolute Gasteiger partial charge is 0.294 e. The summed E-state index contributed by atoms with van der Waals surface area (Å²) >= 11 is 3.39. The Balaban J connectivity index is 1.68. The molecule has 33 heavy (non-hydrogen) atoms. The topological polar surface area (TPSA) is 104 Å². The van der Waals surface area contributed by atoms with Gasteiger partial charge in [0.25, 0.3) is 5.91 Å². The van der Waals surface area contributed by atoms with E-state index >= 15 is 0 Å². The van der Waals surface area contributed by atoms with Crippen molar-refractivity contribution in [1.29, 1.82) is 0 Å². The number of aryl methyl sites for hydroxylation is 2. The van der Waals surface area contributed by atoms with Crippen LogP contribution in [0.1, 0.15) is 33.7 Å². The Morgan fingerprint density at radius 2 is 1.79 bits per heavy atom. The highest BCUT2D eigenvalue weighted by atomic mass is 79.9. The third kappa shape index (κ3) is 3.43. The van der Waals surface area contributed by atoms with Gasteiger partial charge >= 0.3 is 0 Å². The van der Waals surface area contributed by atoms with Gasteiger partial charge in [-0.25, -0.2) is 0 Å². The Hall–Kier alpha value is -3.78. The molecule has 166 valence electrons. The Morgan fingerprint density at radius 1 is 1.00 bits per heavy atom. The molecular weight excluding hydrogens is 490 g/mol. The second kappa shape index (κ2) is 7.67. The summed E-state index contributed by atoms with van der Waals surface area (Å²) in [5.41, 5.74) is 1.24. The summed E-state index contributed by atoms with van der Waals surface area (Å²) in [5, 5.41) is 22.0. The molecule has 0 fully saturated rings. The highest BCUT2D eigenvalue weighted by Gasteiger charge is 2.47. The van der Waals surface area contributed by atoms with Gasteiger partial charge in [0.2, 0.25) is 5.78 Å². The third-order valence-corrected chi connectivity index (χ3v) is 6.07. The van der Waals surface area contributed by atoms with Gasteiger partial charge in [0.1, 0.15) is 28.9 Å². The lowest BCUT2D eigenvalue weighted by atomic mass is 9.99. The fourth-order valence-corrected chi connectivity index (χ4v) is 4.42. The number of phenols is 1. The molecule has 8 heteroatoms. The minimum absolute atomic E-state index is 0.0268. The summed E-state index contributed by atoms with van der Waals surface area (Å²) < 4.78 is 12.3. The number of aliphatic hydroxyl groups excluding tert-OH is 1. The molecule has 1 unspecified atom stereocenters. The lowest BCUT2D eigenvalue weighted by Gasteiger charge is -2.25. The number of nitrogens with zero attached hydrogens (tertiary/aromatic N) is 1. The number of fused-ring (bicyclic) bond motifs is 1. The summed E-state index contributed by atoms with van der Waals surface area (Å²) in [6.07, 6.45) is 0. The van der Waals surface area contributed by atoms with Crippen molar-refractivity contribution < 1.29 is 28.6 Å². The van der Waals surface area contributed by atoms with Gasteiger partial charge in [-0.1, -0.05) is 22.0 Å². The fraction of sp³-hybridized carbons (Fsp3) is 0.120. The number of benzene rings is 2. The van der Waals surface area contributed by atoms with E-state index in [0.29, 0.717) is 16.7 Å². The summed E-state index contributed by atoms with van der Waals surface area (Å²) in [6.45, 7) is 3.54. The molecule has 7 nitrogen and oxygen atoms in total. The molecule has 1 aliphatic heterocycles. The maximum absolute atomic E-state index is 13.6. The van der Waals surface area contributed by atoms with Crippen LogP contribution in [0.2, 0.25) is 0 Å². The largest absolute Gasteiger partial charge is 0.506 e. The van der Waals surface area contributed by atoms with E-state index in [2.05, 4.69) is 15.9 Å². The predicted octanol–water partition coefficient (Wildman–Crippen LogP) is 5.89. The number of amides is 1. The average molecular weight is 508 g/mol. The zero-order valence-corrected chi connectivity index (χ0v) is 19.2. The molecule has 2 aromatic heterocycles. The number of aliphatic hydroxyl groups is 1. The monoisotopic (exact) mass is 507 g/mol. The van der Waals surface area contributed by atoms with Crippen molar-refractivity contribution in [2.75, 3.05) is 4.90 Å². The molecule has 4 aromatic rings. The number of carbonyl (C=O) groups is 2. The lowest BCUT2D eigenvalue weighted by molar-refractivity contribution is -0.117. The minimum atomic E-state index is -1.09. The van der Waals surface area contributed by atoms with Crippen LogP contribution in [0.3, 0.4) is 0 Å². The number of halogens is 1. The summed E-state index contributed by atoms with van der Waals surface area (Å²) in [6, 6.07) is 13.9.